The van der Waals surface area contributed by atoms with Gasteiger partial charge in [0.15, 0.2) is 0 Å². The molecule has 3 aromatic carbocycles. The first-order valence-corrected chi connectivity index (χ1v) is 11.9. The molecule has 1 aliphatic rings. The number of anilines is 1. The monoisotopic (exact) mass is 434 g/mol. The molecule has 1 amide bonds. The number of fused-ring (bicyclic) bond motifs is 1. The zero-order chi connectivity index (χ0) is 21.8. The van der Waals surface area contributed by atoms with Crippen LogP contribution in [0.25, 0.3) is 0 Å². The third-order valence-corrected chi connectivity index (χ3v) is 7.34. The quantitative estimate of drug-likeness (QED) is 0.585. The summed E-state index contributed by atoms with van der Waals surface area (Å²) in [6.07, 6.45) is 1.79. The summed E-state index contributed by atoms with van der Waals surface area (Å²) in [5.41, 5.74) is 3.70. The minimum Gasteiger partial charge on any atom is -0.311 e. The number of hydrogen-bond donors (Lipinski definition) is 0. The molecule has 1 aliphatic heterocycles. The molecule has 0 bridgehead atoms. The predicted octanol–water partition coefficient (Wildman–Crippen LogP) is 4.17. The molecule has 0 fully saturated rings. The average molecular weight is 435 g/mol. The molecule has 0 radical (unpaired) electrons. The summed E-state index contributed by atoms with van der Waals surface area (Å²) in [5, 5.41) is 0. The molecule has 0 aliphatic carbocycles. The van der Waals surface area contributed by atoms with Crippen LogP contribution in [0.4, 0.5) is 5.69 Å². The van der Waals surface area contributed by atoms with Gasteiger partial charge in [0.2, 0.25) is 15.9 Å². The largest absolute Gasteiger partial charge is 0.311 e. The van der Waals surface area contributed by atoms with Crippen LogP contribution in [0, 0.1) is 6.92 Å². The van der Waals surface area contributed by atoms with Crippen LogP contribution in [0.15, 0.2) is 83.8 Å². The van der Waals surface area contributed by atoms with Crippen LogP contribution in [0.1, 0.15) is 23.1 Å². The molecule has 4 rings (SSSR count). The van der Waals surface area contributed by atoms with E-state index >= 15 is 0 Å². The molecule has 31 heavy (non-hydrogen) atoms. The van der Waals surface area contributed by atoms with Gasteiger partial charge in [-0.2, -0.15) is 4.31 Å². The second-order valence-electron chi connectivity index (χ2n) is 7.85. The van der Waals surface area contributed by atoms with Crippen molar-refractivity contribution in [2.45, 2.75) is 31.2 Å². The van der Waals surface area contributed by atoms with Gasteiger partial charge in [-0.3, -0.25) is 4.79 Å². The van der Waals surface area contributed by atoms with Crippen molar-refractivity contribution in [3.63, 3.8) is 0 Å². The lowest BCUT2D eigenvalue weighted by molar-refractivity contribution is -0.119. The van der Waals surface area contributed by atoms with E-state index in [9.17, 15) is 13.2 Å². The maximum absolute atomic E-state index is 13.5. The van der Waals surface area contributed by atoms with Crippen LogP contribution in [-0.2, 0) is 27.8 Å². The maximum Gasteiger partial charge on any atom is 0.243 e. The number of sulfonamides is 1. The van der Waals surface area contributed by atoms with Gasteiger partial charge in [0.1, 0.15) is 0 Å². The molecule has 0 unspecified atom stereocenters. The van der Waals surface area contributed by atoms with Crippen LogP contribution in [-0.4, -0.2) is 31.7 Å². The molecule has 160 valence electrons. The molecule has 0 saturated carbocycles. The van der Waals surface area contributed by atoms with E-state index in [0.717, 1.165) is 35.2 Å². The Hall–Kier alpha value is -2.96. The average Bonchev–Trinajstić information content (AvgIpc) is 2.79. The van der Waals surface area contributed by atoms with Gasteiger partial charge in [-0.25, -0.2) is 8.42 Å². The van der Waals surface area contributed by atoms with E-state index in [1.165, 1.54) is 4.31 Å². The Morgan fingerprint density at radius 3 is 2.48 bits per heavy atom. The van der Waals surface area contributed by atoms with Crippen molar-refractivity contribution in [2.75, 3.05) is 18.0 Å². The van der Waals surface area contributed by atoms with Gasteiger partial charge in [0, 0.05) is 18.8 Å². The molecular weight excluding hydrogens is 408 g/mol. The van der Waals surface area contributed by atoms with Gasteiger partial charge >= 0.3 is 0 Å². The molecule has 0 aromatic heterocycles. The summed E-state index contributed by atoms with van der Waals surface area (Å²) < 4.78 is 28.3. The smallest absolute Gasteiger partial charge is 0.243 e. The van der Waals surface area contributed by atoms with Crippen molar-refractivity contribution < 1.29 is 13.2 Å². The van der Waals surface area contributed by atoms with E-state index in [-0.39, 0.29) is 23.9 Å². The summed E-state index contributed by atoms with van der Waals surface area (Å²) in [4.78, 5) is 15.3. The minimum atomic E-state index is -3.85. The number of aryl methyl sites for hydroxylation is 2. The number of benzene rings is 3. The third kappa shape index (κ3) is 4.70. The molecular formula is C25H26N2O3S. The second kappa shape index (κ2) is 9.04. The van der Waals surface area contributed by atoms with E-state index in [0.29, 0.717) is 6.54 Å². The molecule has 5 nitrogen and oxygen atoms in total. The Morgan fingerprint density at radius 2 is 1.71 bits per heavy atom. The standard InChI is InChI=1S/C25H26N2O3S/c1-20-9-7-14-23(17-20)31(29,30)26(18-21-10-3-2-4-11-21)19-25(28)27-16-8-13-22-12-5-6-15-24(22)27/h2-7,9-12,14-15,17H,8,13,16,18-19H2,1H3. The molecule has 0 spiro atoms. The van der Waals surface area contributed by atoms with Crippen LogP contribution in [0.2, 0.25) is 0 Å². The number of carbonyl (C=O) groups excluding carboxylic acids is 1. The number of carbonyl (C=O) groups is 1. The zero-order valence-corrected chi connectivity index (χ0v) is 18.4. The number of nitrogens with zero attached hydrogens (tertiary/aromatic N) is 2. The second-order valence-corrected chi connectivity index (χ2v) is 9.79. The van der Waals surface area contributed by atoms with Crippen molar-refractivity contribution >= 4 is 21.6 Å². The molecule has 1 heterocycles. The summed E-state index contributed by atoms with van der Waals surface area (Å²) in [6.45, 7) is 2.38. The highest BCUT2D eigenvalue weighted by Gasteiger charge is 2.30. The lowest BCUT2D eigenvalue weighted by atomic mass is 10.0. The van der Waals surface area contributed by atoms with Gasteiger partial charge in [-0.1, -0.05) is 60.7 Å². The normalized spacial score (nSPS) is 13.8. The Balaban J connectivity index is 1.66. The Morgan fingerprint density at radius 1 is 0.968 bits per heavy atom. The van der Waals surface area contributed by atoms with Crippen LogP contribution in [0.5, 0.6) is 0 Å². The van der Waals surface area contributed by atoms with Crippen molar-refractivity contribution in [1.29, 1.82) is 0 Å². The van der Waals surface area contributed by atoms with Crippen molar-refractivity contribution in [3.05, 3.63) is 95.6 Å². The van der Waals surface area contributed by atoms with Crippen molar-refractivity contribution in [2.24, 2.45) is 0 Å². The highest BCUT2D eigenvalue weighted by atomic mass is 32.2. The topological polar surface area (TPSA) is 57.7 Å². The van der Waals surface area contributed by atoms with Gasteiger partial charge in [-0.05, 0) is 54.7 Å². The van der Waals surface area contributed by atoms with Gasteiger partial charge < -0.3 is 4.90 Å². The van der Waals surface area contributed by atoms with Crippen LogP contribution in [0.3, 0.4) is 0 Å². The van der Waals surface area contributed by atoms with E-state index in [2.05, 4.69) is 0 Å². The molecule has 6 heteroatoms. The third-order valence-electron chi connectivity index (χ3n) is 5.55. The molecule has 3 aromatic rings. The van der Waals surface area contributed by atoms with Crippen molar-refractivity contribution in [3.8, 4) is 0 Å². The number of hydrogen-bond acceptors (Lipinski definition) is 3. The first kappa shape index (κ1) is 21.3. The van der Waals surface area contributed by atoms with Gasteiger partial charge in [-0.15, -0.1) is 0 Å². The Labute approximate surface area is 184 Å². The fraction of sp³-hybridized carbons (Fsp3) is 0.240. The Kier molecular flexibility index (Phi) is 6.20. The van der Waals surface area contributed by atoms with Crippen LogP contribution >= 0.6 is 0 Å². The zero-order valence-electron chi connectivity index (χ0n) is 17.6. The fourth-order valence-corrected chi connectivity index (χ4v) is 5.45. The van der Waals surface area contributed by atoms with E-state index < -0.39 is 10.0 Å². The van der Waals surface area contributed by atoms with Crippen molar-refractivity contribution in [1.82, 2.24) is 4.31 Å². The van der Waals surface area contributed by atoms with E-state index in [1.807, 2.05) is 67.6 Å². The summed E-state index contributed by atoms with van der Waals surface area (Å²) in [6, 6.07) is 24.0. The lowest BCUT2D eigenvalue weighted by Gasteiger charge is -2.31. The predicted molar refractivity (Wildman–Crippen MR) is 122 cm³/mol. The lowest BCUT2D eigenvalue weighted by Crippen LogP contribution is -2.44. The first-order valence-electron chi connectivity index (χ1n) is 10.4. The fourth-order valence-electron chi connectivity index (χ4n) is 3.97. The highest BCUT2D eigenvalue weighted by Crippen LogP contribution is 2.27. The highest BCUT2D eigenvalue weighted by molar-refractivity contribution is 7.89. The van der Waals surface area contributed by atoms with E-state index in [4.69, 9.17) is 0 Å². The van der Waals surface area contributed by atoms with Gasteiger partial charge in [0.05, 0.1) is 11.4 Å². The van der Waals surface area contributed by atoms with E-state index in [1.54, 1.807) is 23.1 Å². The SMILES string of the molecule is Cc1cccc(S(=O)(=O)N(CC(=O)N2CCCc3ccccc32)Cc2ccccc2)c1. The molecule has 0 N–H and O–H groups in total. The van der Waals surface area contributed by atoms with Gasteiger partial charge in [0.25, 0.3) is 0 Å². The number of rotatable bonds is 6. The number of amides is 1. The Bertz CT molecular complexity index is 1180. The maximum atomic E-state index is 13.5. The molecule has 0 atom stereocenters. The minimum absolute atomic E-state index is 0.137. The van der Waals surface area contributed by atoms with Crippen LogP contribution < -0.4 is 4.90 Å². The summed E-state index contributed by atoms with van der Waals surface area (Å²) in [5.74, 6) is -0.209. The summed E-state index contributed by atoms with van der Waals surface area (Å²) >= 11 is 0. The number of para-hydroxylation sites is 1. The first-order chi connectivity index (χ1) is 14.9. The summed E-state index contributed by atoms with van der Waals surface area (Å²) in [7, 11) is -3.85. The molecule has 0 saturated heterocycles.